The van der Waals surface area contributed by atoms with E-state index in [4.69, 9.17) is 14.4 Å². The van der Waals surface area contributed by atoms with Crippen LogP contribution in [0.5, 0.6) is 0 Å². The Bertz CT molecular complexity index is 2440. The van der Waals surface area contributed by atoms with Crippen LogP contribution in [0.2, 0.25) is 0 Å². The van der Waals surface area contributed by atoms with Crippen molar-refractivity contribution in [1.82, 2.24) is 9.97 Å². The third-order valence-corrected chi connectivity index (χ3v) is 10.1. The van der Waals surface area contributed by atoms with Crippen LogP contribution in [0.15, 0.2) is 156 Å². The molecular weight excluding hydrogens is 595 g/mol. The number of hydrogen-bond donors (Lipinski definition) is 0. The summed E-state index contributed by atoms with van der Waals surface area (Å²) in [5.74, 6) is 0. The Hall–Kier alpha value is -5.57. The minimum atomic E-state index is -2.38. The Balaban J connectivity index is 1.37. The third-order valence-electron chi connectivity index (χ3n) is 8.61. The average Bonchev–Trinajstić information content (AvgIpc) is 3.51. The number of nitrogens with zero attached hydrogens (tertiary/aromatic N) is 2. The molecule has 5 heteroatoms. The molecule has 0 aliphatic carbocycles. The summed E-state index contributed by atoms with van der Waals surface area (Å²) < 4.78 is 19.3. The van der Waals surface area contributed by atoms with E-state index in [2.05, 4.69) is 78.9 Å². The van der Waals surface area contributed by atoms with E-state index < -0.39 is 7.14 Å². The van der Waals surface area contributed by atoms with Crippen molar-refractivity contribution in [2.24, 2.45) is 0 Å². The Kier molecular flexibility index (Phi) is 7.16. The summed E-state index contributed by atoms with van der Waals surface area (Å²) in [6, 6.07) is 51.3. The Labute approximate surface area is 273 Å². The number of benzene rings is 6. The van der Waals surface area contributed by atoms with Crippen molar-refractivity contribution in [3.63, 3.8) is 0 Å². The van der Waals surface area contributed by atoms with E-state index in [1.54, 1.807) is 0 Å². The molecule has 4 nitrogen and oxygen atoms in total. The van der Waals surface area contributed by atoms with Gasteiger partial charge in [-0.25, -0.2) is 9.97 Å². The smallest absolute Gasteiger partial charge is 0.144 e. The highest BCUT2D eigenvalue weighted by molar-refractivity contribution is 7.70. The molecule has 8 rings (SSSR count). The molecule has 8 aromatic rings. The number of aromatic nitrogens is 2. The summed E-state index contributed by atoms with van der Waals surface area (Å²) in [6.45, 7) is 3.61. The van der Waals surface area contributed by atoms with E-state index in [9.17, 15) is 4.57 Å². The van der Waals surface area contributed by atoms with Crippen molar-refractivity contribution in [2.75, 3.05) is 13.3 Å². The van der Waals surface area contributed by atoms with E-state index in [0.29, 0.717) is 0 Å². The maximum absolute atomic E-state index is 12.8. The highest BCUT2D eigenvalue weighted by Crippen LogP contribution is 2.42. The van der Waals surface area contributed by atoms with Crippen LogP contribution in [0, 0.1) is 0 Å². The first kappa shape index (κ1) is 28.9. The van der Waals surface area contributed by atoms with Crippen LogP contribution in [0.25, 0.3) is 78.1 Å². The molecule has 0 N–H and O–H groups in total. The first-order chi connectivity index (χ1) is 22.9. The van der Waals surface area contributed by atoms with Crippen LogP contribution in [-0.4, -0.2) is 23.3 Å². The number of furan rings is 1. The highest BCUT2D eigenvalue weighted by atomic mass is 31.2. The van der Waals surface area contributed by atoms with E-state index in [-0.39, 0.29) is 0 Å². The molecule has 226 valence electrons. The number of hydrogen-bond acceptors (Lipinski definition) is 4. The lowest BCUT2D eigenvalue weighted by atomic mass is 9.97. The Morgan fingerprint density at radius 1 is 0.468 bits per heavy atom. The minimum Gasteiger partial charge on any atom is -0.455 e. The van der Waals surface area contributed by atoms with Crippen molar-refractivity contribution < 1.29 is 8.98 Å². The van der Waals surface area contributed by atoms with Crippen LogP contribution in [0.1, 0.15) is 0 Å². The van der Waals surface area contributed by atoms with E-state index >= 15 is 0 Å². The molecule has 0 aliphatic heterocycles. The fraction of sp³-hybridized carbons (Fsp3) is 0.0476. The summed E-state index contributed by atoms with van der Waals surface area (Å²) in [7, 11) is -2.38. The lowest BCUT2D eigenvalue weighted by Crippen LogP contribution is -2.02. The summed E-state index contributed by atoms with van der Waals surface area (Å²) in [5.41, 5.74) is 10.6. The monoisotopic (exact) mass is 626 g/mol. The topological polar surface area (TPSA) is 56.0 Å². The van der Waals surface area contributed by atoms with E-state index in [1.807, 2.05) is 86.1 Å². The SMILES string of the molecule is CP(C)(=O)c1cccc(-c2ccc(-c3nc(-c4cccc5c4oc4ccccc45)c(-c4ccccc4)nc3-c3ccccc3)cc2)c1. The van der Waals surface area contributed by atoms with E-state index in [0.717, 1.165) is 83.4 Å². The Morgan fingerprint density at radius 3 is 1.66 bits per heavy atom. The van der Waals surface area contributed by atoms with Gasteiger partial charge in [-0.05, 0) is 42.7 Å². The van der Waals surface area contributed by atoms with Gasteiger partial charge >= 0.3 is 0 Å². The summed E-state index contributed by atoms with van der Waals surface area (Å²) in [6.07, 6.45) is 0. The molecule has 0 unspecified atom stereocenters. The van der Waals surface area contributed by atoms with Gasteiger partial charge in [0.1, 0.15) is 24.0 Å². The quantitative estimate of drug-likeness (QED) is 0.172. The molecule has 6 aromatic carbocycles. The van der Waals surface area contributed by atoms with Gasteiger partial charge in [-0.1, -0.05) is 133 Å². The molecule has 0 bridgehead atoms. The van der Waals surface area contributed by atoms with Gasteiger partial charge in [-0.2, -0.15) is 0 Å². The van der Waals surface area contributed by atoms with Crippen molar-refractivity contribution in [1.29, 1.82) is 0 Å². The number of rotatable bonds is 6. The first-order valence-electron chi connectivity index (χ1n) is 15.6. The highest BCUT2D eigenvalue weighted by Gasteiger charge is 2.22. The van der Waals surface area contributed by atoms with Gasteiger partial charge in [-0.15, -0.1) is 0 Å². The zero-order valence-electron chi connectivity index (χ0n) is 26.1. The predicted molar refractivity (Wildman–Crippen MR) is 196 cm³/mol. The fourth-order valence-corrected chi connectivity index (χ4v) is 7.09. The van der Waals surface area contributed by atoms with Crippen molar-refractivity contribution in [3.05, 3.63) is 152 Å². The zero-order chi connectivity index (χ0) is 32.0. The van der Waals surface area contributed by atoms with Crippen LogP contribution in [0.3, 0.4) is 0 Å². The summed E-state index contributed by atoms with van der Waals surface area (Å²) in [5, 5.41) is 2.99. The molecule has 0 fully saturated rings. The second-order valence-corrected chi connectivity index (χ2v) is 15.3. The third kappa shape index (κ3) is 5.37. The molecule has 0 amide bonds. The van der Waals surface area contributed by atoms with E-state index in [1.165, 1.54) is 0 Å². The second-order valence-electron chi connectivity index (χ2n) is 12.1. The molecule has 0 saturated heterocycles. The molecule has 2 aromatic heterocycles. The van der Waals surface area contributed by atoms with Crippen LogP contribution in [0.4, 0.5) is 0 Å². The first-order valence-corrected chi connectivity index (χ1v) is 18.2. The molecule has 0 atom stereocenters. The molecule has 0 spiro atoms. The standard InChI is InChI=1S/C42H31N2O2P/c1-47(2,45)33-18-11-17-32(27-33)28-23-25-31(26-24-28)39-38(29-13-5-3-6-14-29)43-40(30-15-7-4-8-16-30)41(44-39)36-21-12-20-35-34-19-9-10-22-37(34)46-42(35)36/h3-27H,1-2H3. The normalized spacial score (nSPS) is 11.7. The van der Waals surface area contributed by atoms with Crippen LogP contribution in [-0.2, 0) is 4.57 Å². The largest absolute Gasteiger partial charge is 0.455 e. The zero-order valence-corrected chi connectivity index (χ0v) is 27.0. The summed E-state index contributed by atoms with van der Waals surface area (Å²) in [4.78, 5) is 10.9. The van der Waals surface area contributed by atoms with Gasteiger partial charge in [0.05, 0.1) is 17.1 Å². The van der Waals surface area contributed by atoms with Crippen molar-refractivity contribution in [2.45, 2.75) is 0 Å². The molecular formula is C42H31N2O2P. The lowest BCUT2D eigenvalue weighted by molar-refractivity contribution is 0.588. The van der Waals surface area contributed by atoms with Crippen molar-refractivity contribution >= 4 is 34.4 Å². The maximum atomic E-state index is 12.8. The van der Waals surface area contributed by atoms with Gasteiger partial charge in [-0.3, -0.25) is 0 Å². The summed E-state index contributed by atoms with van der Waals surface area (Å²) >= 11 is 0. The minimum absolute atomic E-state index is 0.758. The van der Waals surface area contributed by atoms with Gasteiger partial charge in [0.15, 0.2) is 0 Å². The Morgan fingerprint density at radius 2 is 0.979 bits per heavy atom. The maximum Gasteiger partial charge on any atom is 0.144 e. The second kappa shape index (κ2) is 11.7. The molecule has 0 aliphatic rings. The number of fused-ring (bicyclic) bond motifs is 3. The predicted octanol–water partition coefficient (Wildman–Crippen LogP) is 11.0. The van der Waals surface area contributed by atoms with Crippen molar-refractivity contribution in [3.8, 4) is 56.2 Å². The lowest BCUT2D eigenvalue weighted by Gasteiger charge is -2.16. The molecule has 2 heterocycles. The van der Waals surface area contributed by atoms with Gasteiger partial charge < -0.3 is 8.98 Å². The van der Waals surface area contributed by atoms with Gasteiger partial charge in [0.2, 0.25) is 0 Å². The van der Waals surface area contributed by atoms with Gasteiger partial charge in [0.25, 0.3) is 0 Å². The molecule has 47 heavy (non-hydrogen) atoms. The fourth-order valence-electron chi connectivity index (χ4n) is 6.19. The molecule has 0 saturated carbocycles. The number of para-hydroxylation sites is 2. The average molecular weight is 627 g/mol. The van der Waals surface area contributed by atoms with Crippen LogP contribution >= 0.6 is 7.14 Å². The van der Waals surface area contributed by atoms with Crippen LogP contribution < -0.4 is 5.30 Å². The molecule has 0 radical (unpaired) electrons. The van der Waals surface area contributed by atoms with Gasteiger partial charge in [0, 0.05) is 38.3 Å².